The lowest BCUT2D eigenvalue weighted by Crippen LogP contribution is -1.98. The molecule has 0 aliphatic heterocycles. The third-order valence-electron chi connectivity index (χ3n) is 9.56. The summed E-state index contributed by atoms with van der Waals surface area (Å²) in [6.07, 6.45) is 0. The molecule has 0 unspecified atom stereocenters. The van der Waals surface area contributed by atoms with Crippen LogP contribution in [0.2, 0.25) is 0 Å². The molecule has 9 rings (SSSR count). The predicted octanol–water partition coefficient (Wildman–Crippen LogP) is 11.5. The second kappa shape index (κ2) is 11.4. The maximum Gasteiger partial charge on any atom is 0.188 e. The van der Waals surface area contributed by atoms with E-state index in [1.807, 2.05) is 78.9 Å². The fraction of sp³-hybridized carbons (Fsp3) is 0. The molecule has 0 saturated heterocycles. The van der Waals surface area contributed by atoms with E-state index in [0.29, 0.717) is 16.8 Å². The number of benzene rings is 7. The Kier molecular flexibility index (Phi) is 6.56. The van der Waals surface area contributed by atoms with E-state index < -0.39 is 0 Å². The molecule has 5 nitrogen and oxygen atoms in total. The van der Waals surface area contributed by atoms with Gasteiger partial charge in [0, 0.05) is 27.4 Å². The van der Waals surface area contributed by atoms with Crippen LogP contribution in [0.5, 0.6) is 0 Å². The predicted molar refractivity (Wildman–Crippen MR) is 202 cm³/mol. The second-order valence-electron chi connectivity index (χ2n) is 12.3. The zero-order chi connectivity index (χ0) is 33.8. The molecule has 2 aromatic heterocycles. The Morgan fingerprint density at radius 3 is 1.80 bits per heavy atom. The van der Waals surface area contributed by atoms with E-state index in [1.54, 1.807) is 0 Å². The van der Waals surface area contributed by atoms with Gasteiger partial charge in [0.2, 0.25) is 0 Å². The second-order valence-corrected chi connectivity index (χ2v) is 12.3. The van der Waals surface area contributed by atoms with Crippen LogP contribution in [0.15, 0.2) is 152 Å². The molecule has 0 atom stereocenters. The van der Waals surface area contributed by atoms with E-state index in [0.717, 1.165) is 77.2 Å². The summed E-state index contributed by atoms with van der Waals surface area (Å²) in [5.74, 6) is 0. The summed E-state index contributed by atoms with van der Waals surface area (Å²) in [6.45, 7) is 7.60. The van der Waals surface area contributed by atoms with Crippen molar-refractivity contribution >= 4 is 49.3 Å². The van der Waals surface area contributed by atoms with Crippen LogP contribution < -0.4 is 0 Å². The van der Waals surface area contributed by atoms with Crippen molar-refractivity contribution in [3.05, 3.63) is 174 Å². The van der Waals surface area contributed by atoms with Crippen molar-refractivity contribution in [3.8, 4) is 45.8 Å². The van der Waals surface area contributed by atoms with Gasteiger partial charge in [0.25, 0.3) is 0 Å². The SMILES string of the molecule is [C-]#[N+]c1ccc2c(c1)c1ccccc1n2-c1ccc(C#N)cc1-c1cccc(-c2cccc(-n3c4ccccc4c4cc(C#N)ccc43)c2)c1. The van der Waals surface area contributed by atoms with Gasteiger partial charge in [-0.25, -0.2) is 4.85 Å². The molecule has 5 heteroatoms. The summed E-state index contributed by atoms with van der Waals surface area (Å²) >= 11 is 0. The molecule has 0 saturated carbocycles. The first kappa shape index (κ1) is 28.8. The van der Waals surface area contributed by atoms with Crippen LogP contribution in [0, 0.1) is 29.2 Å². The van der Waals surface area contributed by atoms with Crippen LogP contribution in [0.3, 0.4) is 0 Å². The standard InChI is InChI=1S/C45H25N5/c1-48-34-18-21-45-40(26-34)37-13-3-5-15-42(37)50(45)43-19-16-29(27-46)22-38(43)33-10-6-8-31(24-33)32-9-7-11-35(25-32)49-41-14-4-2-12-36(41)39-23-30(28-47)17-20-44(39)49/h2-26H. The third-order valence-corrected chi connectivity index (χ3v) is 9.56. The fourth-order valence-corrected chi connectivity index (χ4v) is 7.33. The normalized spacial score (nSPS) is 11.1. The molecule has 7 aromatic carbocycles. The largest absolute Gasteiger partial charge is 0.309 e. The number of hydrogen-bond acceptors (Lipinski definition) is 2. The highest BCUT2D eigenvalue weighted by molar-refractivity contribution is 6.11. The molecule has 2 heterocycles. The maximum atomic E-state index is 9.96. The summed E-state index contributed by atoms with van der Waals surface area (Å²) in [6, 6.07) is 55.8. The summed E-state index contributed by atoms with van der Waals surface area (Å²) in [4.78, 5) is 3.69. The minimum Gasteiger partial charge on any atom is -0.309 e. The van der Waals surface area contributed by atoms with Gasteiger partial charge in [-0.15, -0.1) is 0 Å². The highest BCUT2D eigenvalue weighted by Gasteiger charge is 2.18. The summed E-state index contributed by atoms with van der Waals surface area (Å²) in [5.41, 5.74) is 12.0. The number of hydrogen-bond donors (Lipinski definition) is 0. The zero-order valence-electron chi connectivity index (χ0n) is 26.7. The van der Waals surface area contributed by atoms with Crippen molar-refractivity contribution < 1.29 is 0 Å². The van der Waals surface area contributed by atoms with Gasteiger partial charge in [-0.05, 0) is 101 Å². The number of nitriles is 2. The highest BCUT2D eigenvalue weighted by Crippen LogP contribution is 2.39. The van der Waals surface area contributed by atoms with Gasteiger partial charge in [0.15, 0.2) is 5.69 Å². The number of fused-ring (bicyclic) bond motifs is 6. The van der Waals surface area contributed by atoms with Gasteiger partial charge in [-0.1, -0.05) is 72.8 Å². The van der Waals surface area contributed by atoms with Gasteiger partial charge >= 0.3 is 0 Å². The smallest absolute Gasteiger partial charge is 0.188 e. The molecular formula is C45H25N5. The van der Waals surface area contributed by atoms with Gasteiger partial charge in [0.05, 0.1) is 57.6 Å². The van der Waals surface area contributed by atoms with E-state index in [9.17, 15) is 10.5 Å². The van der Waals surface area contributed by atoms with Crippen LogP contribution >= 0.6 is 0 Å². The van der Waals surface area contributed by atoms with Crippen LogP contribution in [0.1, 0.15) is 11.1 Å². The molecule has 0 spiro atoms. The van der Waals surface area contributed by atoms with Crippen molar-refractivity contribution in [2.75, 3.05) is 0 Å². The van der Waals surface area contributed by atoms with E-state index in [4.69, 9.17) is 6.57 Å². The van der Waals surface area contributed by atoms with Crippen LogP contribution in [0.25, 0.3) is 82.1 Å². The quantitative estimate of drug-likeness (QED) is 0.181. The van der Waals surface area contributed by atoms with E-state index in [1.165, 1.54) is 0 Å². The van der Waals surface area contributed by atoms with Crippen molar-refractivity contribution in [1.29, 1.82) is 10.5 Å². The molecule has 0 bridgehead atoms. The van der Waals surface area contributed by atoms with Crippen LogP contribution in [0.4, 0.5) is 5.69 Å². The van der Waals surface area contributed by atoms with Crippen molar-refractivity contribution in [2.45, 2.75) is 0 Å². The Labute approximate surface area is 288 Å². The van der Waals surface area contributed by atoms with Gasteiger partial charge in [0.1, 0.15) is 0 Å². The first-order chi connectivity index (χ1) is 24.6. The minimum absolute atomic E-state index is 0.582. The van der Waals surface area contributed by atoms with E-state index in [-0.39, 0.29) is 0 Å². The highest BCUT2D eigenvalue weighted by atomic mass is 15.0. The molecule has 0 radical (unpaired) electrons. The van der Waals surface area contributed by atoms with Crippen molar-refractivity contribution in [1.82, 2.24) is 9.13 Å². The topological polar surface area (TPSA) is 61.8 Å². The number of para-hydroxylation sites is 2. The molecule has 9 aromatic rings. The first-order valence-electron chi connectivity index (χ1n) is 16.2. The lowest BCUT2D eigenvalue weighted by atomic mass is 9.96. The first-order valence-corrected chi connectivity index (χ1v) is 16.2. The summed E-state index contributed by atoms with van der Waals surface area (Å²) in [7, 11) is 0. The number of rotatable bonds is 4. The van der Waals surface area contributed by atoms with Gasteiger partial charge in [-0.2, -0.15) is 10.5 Å². The number of nitrogens with zero attached hydrogens (tertiary/aromatic N) is 5. The summed E-state index contributed by atoms with van der Waals surface area (Å²) in [5, 5.41) is 23.8. The Balaban J connectivity index is 1.22. The molecular weight excluding hydrogens is 611 g/mol. The molecule has 50 heavy (non-hydrogen) atoms. The average Bonchev–Trinajstić information content (AvgIpc) is 3.69. The lowest BCUT2D eigenvalue weighted by molar-refractivity contribution is 1.18. The van der Waals surface area contributed by atoms with Crippen molar-refractivity contribution in [2.24, 2.45) is 0 Å². The number of aromatic nitrogens is 2. The lowest BCUT2D eigenvalue weighted by Gasteiger charge is -2.16. The Morgan fingerprint density at radius 1 is 0.460 bits per heavy atom. The molecule has 230 valence electrons. The van der Waals surface area contributed by atoms with Gasteiger partial charge < -0.3 is 9.13 Å². The summed E-state index contributed by atoms with van der Waals surface area (Å²) < 4.78 is 4.50. The molecule has 0 aliphatic rings. The van der Waals surface area contributed by atoms with Crippen LogP contribution in [-0.2, 0) is 0 Å². The Morgan fingerprint density at radius 2 is 1.04 bits per heavy atom. The zero-order valence-corrected chi connectivity index (χ0v) is 26.7. The Bertz CT molecular complexity index is 2970. The molecule has 0 amide bonds. The van der Waals surface area contributed by atoms with E-state index in [2.05, 4.69) is 98.9 Å². The molecule has 0 aliphatic carbocycles. The fourth-order valence-electron chi connectivity index (χ4n) is 7.33. The van der Waals surface area contributed by atoms with Crippen molar-refractivity contribution in [3.63, 3.8) is 0 Å². The van der Waals surface area contributed by atoms with Gasteiger partial charge in [-0.3, -0.25) is 0 Å². The average molecular weight is 636 g/mol. The maximum absolute atomic E-state index is 9.96. The molecule has 0 N–H and O–H groups in total. The Hall–Kier alpha value is -7.39. The van der Waals surface area contributed by atoms with E-state index >= 15 is 0 Å². The molecule has 0 fully saturated rings. The van der Waals surface area contributed by atoms with Crippen LogP contribution in [-0.4, -0.2) is 9.13 Å². The monoisotopic (exact) mass is 635 g/mol. The minimum atomic E-state index is 0.582. The third kappa shape index (κ3) is 4.45.